The molecule has 1 N–H and O–H groups in total. The molecule has 0 radical (unpaired) electrons. The van der Waals surface area contributed by atoms with Crippen molar-refractivity contribution in [3.63, 3.8) is 0 Å². The largest absolute Gasteiger partial charge is 0.433 e. The summed E-state index contributed by atoms with van der Waals surface area (Å²) in [6, 6.07) is 8.62. The van der Waals surface area contributed by atoms with Crippen LogP contribution in [0.3, 0.4) is 0 Å². The number of aliphatic hydroxyl groups is 1. The zero-order valence-corrected chi connectivity index (χ0v) is 11.5. The van der Waals surface area contributed by atoms with Crippen LogP contribution in [0.1, 0.15) is 23.1 Å². The minimum Gasteiger partial charge on any atom is -0.382 e. The van der Waals surface area contributed by atoms with Gasteiger partial charge in [0.2, 0.25) is 0 Å². The number of rotatable bonds is 2. The van der Waals surface area contributed by atoms with Gasteiger partial charge in [-0.25, -0.2) is 9.37 Å². The fourth-order valence-corrected chi connectivity index (χ4v) is 2.29. The van der Waals surface area contributed by atoms with Crippen molar-refractivity contribution in [2.24, 2.45) is 0 Å². The summed E-state index contributed by atoms with van der Waals surface area (Å²) in [5, 5.41) is 10.5. The van der Waals surface area contributed by atoms with Gasteiger partial charge in [0, 0.05) is 11.6 Å². The summed E-state index contributed by atoms with van der Waals surface area (Å²) >= 11 is 0. The lowest BCUT2D eigenvalue weighted by molar-refractivity contribution is -0.141. The molecular formula is C16H10F4N2O. The molecule has 0 unspecified atom stereocenters. The maximum absolute atomic E-state index is 13.5. The van der Waals surface area contributed by atoms with Gasteiger partial charge in [0.25, 0.3) is 0 Å². The van der Waals surface area contributed by atoms with Crippen molar-refractivity contribution in [1.82, 2.24) is 9.97 Å². The average molecular weight is 322 g/mol. The van der Waals surface area contributed by atoms with Crippen LogP contribution < -0.4 is 0 Å². The van der Waals surface area contributed by atoms with Gasteiger partial charge in [0.05, 0.1) is 11.2 Å². The Morgan fingerprint density at radius 1 is 1.04 bits per heavy atom. The van der Waals surface area contributed by atoms with Gasteiger partial charge in [-0.15, -0.1) is 0 Å². The van der Waals surface area contributed by atoms with Crippen molar-refractivity contribution in [3.05, 3.63) is 71.4 Å². The van der Waals surface area contributed by atoms with E-state index in [-0.39, 0.29) is 22.2 Å². The van der Waals surface area contributed by atoms with Crippen molar-refractivity contribution in [2.75, 3.05) is 0 Å². The Kier molecular flexibility index (Phi) is 3.73. The van der Waals surface area contributed by atoms with Crippen LogP contribution in [0.5, 0.6) is 0 Å². The molecule has 2 heterocycles. The molecule has 0 saturated heterocycles. The van der Waals surface area contributed by atoms with E-state index in [0.717, 1.165) is 24.3 Å². The van der Waals surface area contributed by atoms with Crippen LogP contribution in [0.4, 0.5) is 17.6 Å². The third-order valence-electron chi connectivity index (χ3n) is 3.36. The van der Waals surface area contributed by atoms with Gasteiger partial charge < -0.3 is 5.11 Å². The lowest BCUT2D eigenvalue weighted by Crippen LogP contribution is -2.11. The maximum atomic E-state index is 13.5. The molecule has 0 saturated carbocycles. The van der Waals surface area contributed by atoms with Crippen molar-refractivity contribution >= 4 is 10.9 Å². The highest BCUT2D eigenvalue weighted by Crippen LogP contribution is 2.34. The Hall–Kier alpha value is -2.54. The summed E-state index contributed by atoms with van der Waals surface area (Å²) in [5.74, 6) is -0.631. The number of pyridine rings is 2. The first kappa shape index (κ1) is 15.4. The molecule has 1 atom stereocenters. The SMILES string of the molecule is O[C@@H](c1ccccn1)c1cc(C(F)(F)F)nc2ccc(F)cc12. The molecule has 3 aromatic rings. The smallest absolute Gasteiger partial charge is 0.382 e. The first-order chi connectivity index (χ1) is 10.9. The molecule has 118 valence electrons. The second-order valence-corrected chi connectivity index (χ2v) is 4.91. The Bertz CT molecular complexity index is 850. The molecule has 0 aliphatic carbocycles. The van der Waals surface area contributed by atoms with Crippen LogP contribution in [-0.2, 0) is 6.18 Å². The highest BCUT2D eigenvalue weighted by Gasteiger charge is 2.34. The molecule has 3 nitrogen and oxygen atoms in total. The van der Waals surface area contributed by atoms with Crippen LogP contribution in [0.15, 0.2) is 48.7 Å². The van der Waals surface area contributed by atoms with E-state index in [0.29, 0.717) is 0 Å². The summed E-state index contributed by atoms with van der Waals surface area (Å²) in [7, 11) is 0. The van der Waals surface area contributed by atoms with Crippen molar-refractivity contribution in [3.8, 4) is 0 Å². The van der Waals surface area contributed by atoms with Crippen LogP contribution in [0.2, 0.25) is 0 Å². The van der Waals surface area contributed by atoms with Crippen molar-refractivity contribution in [1.29, 1.82) is 0 Å². The first-order valence-electron chi connectivity index (χ1n) is 6.62. The fraction of sp³-hybridized carbons (Fsp3) is 0.125. The number of hydrogen-bond donors (Lipinski definition) is 1. The molecule has 2 aromatic heterocycles. The van der Waals surface area contributed by atoms with Gasteiger partial charge in [-0.1, -0.05) is 6.07 Å². The van der Waals surface area contributed by atoms with E-state index in [1.165, 1.54) is 12.3 Å². The number of aliphatic hydroxyl groups excluding tert-OH is 1. The second kappa shape index (κ2) is 5.58. The number of hydrogen-bond acceptors (Lipinski definition) is 3. The minimum absolute atomic E-state index is 0.0498. The molecule has 0 aliphatic rings. The Morgan fingerprint density at radius 2 is 1.83 bits per heavy atom. The molecular weight excluding hydrogens is 312 g/mol. The molecule has 0 fully saturated rings. The van der Waals surface area contributed by atoms with E-state index < -0.39 is 23.8 Å². The zero-order chi connectivity index (χ0) is 16.6. The average Bonchev–Trinajstić information content (AvgIpc) is 2.53. The van der Waals surface area contributed by atoms with Crippen LogP contribution in [-0.4, -0.2) is 15.1 Å². The van der Waals surface area contributed by atoms with Gasteiger partial charge in [-0.3, -0.25) is 4.98 Å². The van der Waals surface area contributed by atoms with Crippen molar-refractivity contribution in [2.45, 2.75) is 12.3 Å². The predicted molar refractivity (Wildman–Crippen MR) is 75.0 cm³/mol. The molecule has 3 rings (SSSR count). The van der Waals surface area contributed by atoms with Crippen LogP contribution in [0.25, 0.3) is 10.9 Å². The number of halogens is 4. The number of nitrogens with zero attached hydrogens (tertiary/aromatic N) is 2. The lowest BCUT2D eigenvalue weighted by Gasteiger charge is -2.16. The van der Waals surface area contributed by atoms with Gasteiger partial charge >= 0.3 is 6.18 Å². The number of benzene rings is 1. The fourth-order valence-electron chi connectivity index (χ4n) is 2.29. The van der Waals surface area contributed by atoms with Gasteiger partial charge in [-0.05, 0) is 42.0 Å². The molecule has 0 bridgehead atoms. The van der Waals surface area contributed by atoms with Gasteiger partial charge in [-0.2, -0.15) is 13.2 Å². The zero-order valence-electron chi connectivity index (χ0n) is 11.5. The van der Waals surface area contributed by atoms with Crippen LogP contribution >= 0.6 is 0 Å². The number of aromatic nitrogens is 2. The molecule has 7 heteroatoms. The maximum Gasteiger partial charge on any atom is 0.433 e. The van der Waals surface area contributed by atoms with E-state index in [1.807, 2.05) is 0 Å². The second-order valence-electron chi connectivity index (χ2n) is 4.91. The summed E-state index contributed by atoms with van der Waals surface area (Å²) in [6.07, 6.45) is -4.70. The van der Waals surface area contributed by atoms with Gasteiger partial charge in [0.15, 0.2) is 0 Å². The summed E-state index contributed by atoms with van der Waals surface area (Å²) < 4.78 is 52.5. The molecule has 1 aromatic carbocycles. The monoisotopic (exact) mass is 322 g/mol. The number of alkyl halides is 3. The van der Waals surface area contributed by atoms with Gasteiger partial charge in [0.1, 0.15) is 17.6 Å². The standard InChI is InChI=1S/C16H10F4N2O/c17-9-4-5-12-10(7-9)11(8-14(22-12)16(18,19)20)15(23)13-3-1-2-6-21-13/h1-8,15,23H/t15-/m1/s1. The summed E-state index contributed by atoms with van der Waals surface area (Å²) in [5.41, 5.74) is -1.13. The van der Waals surface area contributed by atoms with Crippen molar-refractivity contribution < 1.29 is 22.7 Å². The van der Waals surface area contributed by atoms with E-state index in [1.54, 1.807) is 12.1 Å². The third-order valence-corrected chi connectivity index (χ3v) is 3.36. The highest BCUT2D eigenvalue weighted by atomic mass is 19.4. The summed E-state index contributed by atoms with van der Waals surface area (Å²) in [6.45, 7) is 0. The molecule has 23 heavy (non-hydrogen) atoms. The highest BCUT2D eigenvalue weighted by molar-refractivity contribution is 5.83. The predicted octanol–water partition coefficient (Wildman–Crippen LogP) is 3.87. The first-order valence-corrected chi connectivity index (χ1v) is 6.62. The minimum atomic E-state index is -4.68. The molecule has 0 amide bonds. The molecule has 0 aliphatic heterocycles. The van der Waals surface area contributed by atoms with Crippen LogP contribution in [0, 0.1) is 5.82 Å². The number of fused-ring (bicyclic) bond motifs is 1. The van der Waals surface area contributed by atoms with E-state index >= 15 is 0 Å². The van der Waals surface area contributed by atoms with E-state index in [4.69, 9.17) is 0 Å². The summed E-state index contributed by atoms with van der Waals surface area (Å²) in [4.78, 5) is 7.43. The normalized spacial score (nSPS) is 13.3. The molecule has 0 spiro atoms. The Labute approximate surface area is 128 Å². The quantitative estimate of drug-likeness (QED) is 0.729. The van der Waals surface area contributed by atoms with E-state index in [2.05, 4.69) is 9.97 Å². The third kappa shape index (κ3) is 3.00. The Morgan fingerprint density at radius 3 is 2.48 bits per heavy atom. The lowest BCUT2D eigenvalue weighted by atomic mass is 10.00. The van der Waals surface area contributed by atoms with E-state index in [9.17, 15) is 22.7 Å². The topological polar surface area (TPSA) is 46.0 Å². The Balaban J connectivity index is 2.26.